The summed E-state index contributed by atoms with van der Waals surface area (Å²) < 4.78 is 0. The highest BCUT2D eigenvalue weighted by Gasteiger charge is 2.39. The number of imide groups is 1. The van der Waals surface area contributed by atoms with Crippen molar-refractivity contribution in [3.8, 4) is 0 Å². The molecule has 0 aromatic heterocycles. The molecule has 0 spiro atoms. The van der Waals surface area contributed by atoms with E-state index in [9.17, 15) is 14.4 Å². The fourth-order valence-corrected chi connectivity index (χ4v) is 5.98. The summed E-state index contributed by atoms with van der Waals surface area (Å²) >= 11 is 0. The van der Waals surface area contributed by atoms with E-state index in [1.165, 1.54) is 32.1 Å². The Bertz CT molecular complexity index is 889. The summed E-state index contributed by atoms with van der Waals surface area (Å²) in [4.78, 5) is 38.1. The van der Waals surface area contributed by atoms with Crippen LogP contribution in [0.4, 0.5) is 0 Å². The van der Waals surface area contributed by atoms with Gasteiger partial charge in [0.25, 0.3) is 5.91 Å². The third kappa shape index (κ3) is 4.26. The summed E-state index contributed by atoms with van der Waals surface area (Å²) in [5.41, 5.74) is 2.80. The highest BCUT2D eigenvalue weighted by Crippen LogP contribution is 2.33. The highest BCUT2D eigenvalue weighted by molar-refractivity contribution is 6.05. The third-order valence-electron chi connectivity index (χ3n) is 7.50. The zero-order chi connectivity index (χ0) is 21.5. The van der Waals surface area contributed by atoms with E-state index in [1.807, 2.05) is 12.1 Å². The minimum absolute atomic E-state index is 0.113. The topological polar surface area (TPSA) is 90.5 Å². The summed E-state index contributed by atoms with van der Waals surface area (Å²) in [5, 5.41) is 9.74. The van der Waals surface area contributed by atoms with E-state index in [1.54, 1.807) is 4.90 Å². The van der Waals surface area contributed by atoms with Crippen LogP contribution in [0.2, 0.25) is 0 Å². The van der Waals surface area contributed by atoms with Crippen LogP contribution in [0.25, 0.3) is 0 Å². The average Bonchev–Trinajstić information content (AvgIpc) is 3.25. The number of piperidine rings is 2. The van der Waals surface area contributed by atoms with Crippen LogP contribution < -0.4 is 16.0 Å². The molecule has 4 unspecified atom stereocenters. The molecule has 4 aliphatic heterocycles. The van der Waals surface area contributed by atoms with Gasteiger partial charge < -0.3 is 15.5 Å². The van der Waals surface area contributed by atoms with Gasteiger partial charge in [0.05, 0.1) is 0 Å². The lowest BCUT2D eigenvalue weighted by Gasteiger charge is -2.31. The molecule has 3 N–H and O–H groups in total. The van der Waals surface area contributed by atoms with Crippen molar-refractivity contribution in [3.05, 3.63) is 34.9 Å². The Labute approximate surface area is 183 Å². The van der Waals surface area contributed by atoms with Gasteiger partial charge in [-0.05, 0) is 68.6 Å². The van der Waals surface area contributed by atoms with Gasteiger partial charge in [-0.3, -0.25) is 19.7 Å². The highest BCUT2D eigenvalue weighted by atomic mass is 16.2. The molecule has 31 heavy (non-hydrogen) atoms. The maximum atomic E-state index is 12.8. The minimum atomic E-state index is -0.556. The van der Waals surface area contributed by atoms with Gasteiger partial charge in [0.15, 0.2) is 0 Å². The number of rotatable bonds is 6. The summed E-state index contributed by atoms with van der Waals surface area (Å²) in [6.45, 7) is 3.48. The Morgan fingerprint density at radius 1 is 1.13 bits per heavy atom. The molecule has 0 aliphatic carbocycles. The Kier molecular flexibility index (Phi) is 5.56. The number of nitrogens with zero attached hydrogens (tertiary/aromatic N) is 1. The van der Waals surface area contributed by atoms with Crippen molar-refractivity contribution in [2.24, 2.45) is 5.92 Å². The van der Waals surface area contributed by atoms with E-state index in [0.29, 0.717) is 24.6 Å². The van der Waals surface area contributed by atoms with E-state index in [2.05, 4.69) is 28.9 Å². The second-order valence-corrected chi connectivity index (χ2v) is 9.88. The molecule has 1 aromatic rings. The van der Waals surface area contributed by atoms with E-state index in [-0.39, 0.29) is 24.1 Å². The summed E-state index contributed by atoms with van der Waals surface area (Å²) in [6, 6.07) is 7.35. The number of nitrogens with one attached hydrogen (secondary N) is 3. The van der Waals surface area contributed by atoms with Gasteiger partial charge in [-0.1, -0.05) is 12.1 Å². The molecule has 4 atom stereocenters. The lowest BCUT2D eigenvalue weighted by atomic mass is 9.87. The summed E-state index contributed by atoms with van der Waals surface area (Å²) in [5.74, 6) is 0.0726. The first-order chi connectivity index (χ1) is 15.0. The van der Waals surface area contributed by atoms with Gasteiger partial charge in [0.1, 0.15) is 6.04 Å². The molecule has 4 heterocycles. The molecule has 3 fully saturated rings. The lowest BCUT2D eigenvalue weighted by molar-refractivity contribution is -0.136. The zero-order valence-electron chi connectivity index (χ0n) is 18.2. The average molecular weight is 425 g/mol. The first kappa shape index (κ1) is 20.6. The lowest BCUT2D eigenvalue weighted by Crippen LogP contribution is -2.52. The molecule has 2 bridgehead atoms. The largest absolute Gasteiger partial charge is 0.322 e. The maximum Gasteiger partial charge on any atom is 0.255 e. The number of carbonyl (C=O) groups excluding carboxylic acids is 3. The third-order valence-corrected chi connectivity index (χ3v) is 7.50. The molecule has 3 amide bonds. The van der Waals surface area contributed by atoms with Crippen LogP contribution >= 0.6 is 0 Å². The van der Waals surface area contributed by atoms with Crippen molar-refractivity contribution in [2.45, 2.75) is 89.1 Å². The van der Waals surface area contributed by atoms with Gasteiger partial charge in [-0.25, -0.2) is 0 Å². The molecule has 7 heteroatoms. The second kappa shape index (κ2) is 8.36. The van der Waals surface area contributed by atoms with Gasteiger partial charge in [-0.2, -0.15) is 0 Å². The van der Waals surface area contributed by atoms with Gasteiger partial charge >= 0.3 is 0 Å². The first-order valence-electron chi connectivity index (χ1n) is 11.7. The van der Waals surface area contributed by atoms with Crippen LogP contribution in [0.5, 0.6) is 0 Å². The molecule has 7 nitrogen and oxygen atoms in total. The van der Waals surface area contributed by atoms with Gasteiger partial charge in [0.2, 0.25) is 11.8 Å². The Hall–Kier alpha value is -2.25. The molecule has 4 aliphatic rings. The molecule has 0 saturated carbocycles. The quantitative estimate of drug-likeness (QED) is 0.607. The van der Waals surface area contributed by atoms with E-state index >= 15 is 0 Å². The van der Waals surface area contributed by atoms with E-state index < -0.39 is 6.04 Å². The van der Waals surface area contributed by atoms with Gasteiger partial charge in [-0.15, -0.1) is 0 Å². The van der Waals surface area contributed by atoms with Crippen LogP contribution in [0, 0.1) is 5.92 Å². The van der Waals surface area contributed by atoms with Crippen molar-refractivity contribution < 1.29 is 14.4 Å². The number of hydrogen-bond acceptors (Lipinski definition) is 5. The predicted molar refractivity (Wildman–Crippen MR) is 116 cm³/mol. The zero-order valence-corrected chi connectivity index (χ0v) is 18.2. The minimum Gasteiger partial charge on any atom is -0.322 e. The van der Waals surface area contributed by atoms with Crippen LogP contribution in [0.3, 0.4) is 0 Å². The summed E-state index contributed by atoms with van der Waals surface area (Å²) in [6.07, 6.45) is 7.18. The van der Waals surface area contributed by atoms with E-state index in [0.717, 1.165) is 35.7 Å². The molecular weight excluding hydrogens is 392 g/mol. The van der Waals surface area contributed by atoms with Crippen LogP contribution in [0.1, 0.15) is 73.4 Å². The number of benzene rings is 1. The summed E-state index contributed by atoms with van der Waals surface area (Å²) in [7, 11) is 0. The molecule has 5 rings (SSSR count). The van der Waals surface area contributed by atoms with Crippen molar-refractivity contribution in [1.29, 1.82) is 0 Å². The Morgan fingerprint density at radius 2 is 1.90 bits per heavy atom. The van der Waals surface area contributed by atoms with E-state index in [4.69, 9.17) is 0 Å². The standard InChI is InChI=1S/C24H32N4O3/c1-14(8-16-10-18-3-4-19(11-16)26-18)25-12-15-2-5-20-17(9-15)13-28(24(20)31)21-6-7-22(29)27-23(21)30/h2,5,9,14,16,18-19,21,25-26H,3-4,6-8,10-13H2,1H3,(H,27,29,30). The molecule has 0 radical (unpaired) electrons. The smallest absolute Gasteiger partial charge is 0.255 e. The number of carbonyl (C=O) groups is 3. The number of fused-ring (bicyclic) bond motifs is 3. The van der Waals surface area contributed by atoms with Crippen molar-refractivity contribution in [2.75, 3.05) is 0 Å². The van der Waals surface area contributed by atoms with Crippen LogP contribution in [0.15, 0.2) is 18.2 Å². The fraction of sp³-hybridized carbons (Fsp3) is 0.625. The van der Waals surface area contributed by atoms with Gasteiger partial charge in [0, 0.05) is 43.2 Å². The van der Waals surface area contributed by atoms with Crippen LogP contribution in [-0.4, -0.2) is 46.8 Å². The molecular formula is C24H32N4O3. The predicted octanol–water partition coefficient (Wildman–Crippen LogP) is 1.85. The van der Waals surface area contributed by atoms with Crippen LogP contribution in [-0.2, 0) is 22.7 Å². The number of amides is 3. The monoisotopic (exact) mass is 424 g/mol. The Morgan fingerprint density at radius 3 is 2.65 bits per heavy atom. The Balaban J connectivity index is 1.16. The second-order valence-electron chi connectivity index (χ2n) is 9.88. The normalized spacial score (nSPS) is 31.0. The van der Waals surface area contributed by atoms with Crippen molar-refractivity contribution in [3.63, 3.8) is 0 Å². The maximum absolute atomic E-state index is 12.8. The molecule has 1 aromatic carbocycles. The number of hydrogen-bond donors (Lipinski definition) is 3. The molecule has 166 valence electrons. The fourth-order valence-electron chi connectivity index (χ4n) is 5.98. The SMILES string of the molecule is CC(CC1CC2CCC(C1)N2)NCc1ccc2c(c1)CN(C1CCC(=O)NC1=O)C2=O. The molecule has 3 saturated heterocycles. The van der Waals surface area contributed by atoms with Crippen molar-refractivity contribution >= 4 is 17.7 Å². The first-order valence-corrected chi connectivity index (χ1v) is 11.7. The van der Waals surface area contributed by atoms with Crippen molar-refractivity contribution in [1.82, 2.24) is 20.9 Å².